The lowest BCUT2D eigenvalue weighted by Crippen LogP contribution is -2.47. The molecule has 3 amide bonds. The zero-order valence-electron chi connectivity index (χ0n) is 14.2. The van der Waals surface area contributed by atoms with E-state index in [1.165, 1.54) is 4.90 Å². The van der Waals surface area contributed by atoms with Crippen molar-refractivity contribution < 1.29 is 19.5 Å². The van der Waals surface area contributed by atoms with Crippen molar-refractivity contribution in [3.8, 4) is 0 Å². The molecule has 2 fully saturated rings. The molecule has 0 radical (unpaired) electrons. The van der Waals surface area contributed by atoms with E-state index in [2.05, 4.69) is 10.6 Å². The first-order valence-corrected chi connectivity index (χ1v) is 8.62. The topological polar surface area (TPSA) is 98.7 Å². The Bertz CT molecular complexity index is 687. The number of carbonyl (C=O) groups is 3. The van der Waals surface area contributed by atoms with Crippen molar-refractivity contribution in [3.63, 3.8) is 0 Å². The fourth-order valence-corrected chi connectivity index (χ4v) is 3.13. The Morgan fingerprint density at radius 3 is 2.64 bits per heavy atom. The zero-order valence-corrected chi connectivity index (χ0v) is 14.2. The van der Waals surface area contributed by atoms with Crippen LogP contribution in [0.2, 0.25) is 0 Å². The normalized spacial score (nSPS) is 23.0. The highest BCUT2D eigenvalue weighted by molar-refractivity contribution is 5.97. The summed E-state index contributed by atoms with van der Waals surface area (Å²) < 4.78 is 0. The summed E-state index contributed by atoms with van der Waals surface area (Å²) in [5, 5.41) is 14.9. The first-order valence-electron chi connectivity index (χ1n) is 8.62. The summed E-state index contributed by atoms with van der Waals surface area (Å²) in [6.07, 6.45) is 2.61. The molecule has 1 heterocycles. The zero-order chi connectivity index (χ0) is 18.0. The van der Waals surface area contributed by atoms with Crippen LogP contribution in [0.5, 0.6) is 0 Å². The van der Waals surface area contributed by atoms with Crippen LogP contribution in [-0.2, 0) is 4.79 Å². The molecule has 0 aromatic heterocycles. The minimum atomic E-state index is -0.872. The lowest BCUT2D eigenvalue weighted by Gasteiger charge is -2.34. The highest BCUT2D eigenvalue weighted by Crippen LogP contribution is 2.23. The fourth-order valence-electron chi connectivity index (χ4n) is 3.13. The number of carboxylic acids is 1. The van der Waals surface area contributed by atoms with E-state index in [4.69, 9.17) is 0 Å². The van der Waals surface area contributed by atoms with Crippen LogP contribution < -0.4 is 10.6 Å². The number of likely N-dealkylation sites (tertiary alicyclic amines) is 1. The number of nitrogens with one attached hydrogen (secondary N) is 2. The average Bonchev–Trinajstić information content (AvgIpc) is 3.38. The maximum atomic E-state index is 12.5. The van der Waals surface area contributed by atoms with Crippen molar-refractivity contribution in [1.29, 1.82) is 0 Å². The molecular weight excluding hydrogens is 322 g/mol. The number of rotatable bonds is 4. The van der Waals surface area contributed by atoms with E-state index < -0.39 is 11.9 Å². The van der Waals surface area contributed by atoms with Gasteiger partial charge in [-0.15, -0.1) is 0 Å². The van der Waals surface area contributed by atoms with Gasteiger partial charge in [0, 0.05) is 30.4 Å². The van der Waals surface area contributed by atoms with Crippen LogP contribution in [0.1, 0.15) is 36.5 Å². The van der Waals surface area contributed by atoms with Gasteiger partial charge in [0.15, 0.2) is 0 Å². The van der Waals surface area contributed by atoms with Crippen molar-refractivity contribution in [2.24, 2.45) is 11.8 Å². The van der Waals surface area contributed by atoms with E-state index in [1.807, 2.05) is 6.92 Å². The first kappa shape index (κ1) is 17.3. The summed E-state index contributed by atoms with van der Waals surface area (Å²) in [5.74, 6) is -1.42. The Hall–Kier alpha value is -2.57. The Morgan fingerprint density at radius 2 is 1.96 bits per heavy atom. The molecule has 1 aromatic carbocycles. The van der Waals surface area contributed by atoms with E-state index in [-0.39, 0.29) is 30.4 Å². The molecule has 1 aliphatic carbocycles. The number of amides is 3. The van der Waals surface area contributed by atoms with Crippen LogP contribution in [-0.4, -0.2) is 47.0 Å². The summed E-state index contributed by atoms with van der Waals surface area (Å²) in [5.41, 5.74) is 1.03. The number of carbonyl (C=O) groups excluding carboxylic acids is 2. The Balaban J connectivity index is 1.63. The van der Waals surface area contributed by atoms with Crippen molar-refractivity contribution in [1.82, 2.24) is 10.2 Å². The van der Waals surface area contributed by atoms with Gasteiger partial charge in [0.2, 0.25) is 0 Å². The number of carboxylic acid groups (broad SMARTS) is 1. The van der Waals surface area contributed by atoms with Crippen molar-refractivity contribution in [2.45, 2.75) is 32.2 Å². The molecule has 7 nitrogen and oxygen atoms in total. The smallest absolute Gasteiger partial charge is 0.321 e. The van der Waals surface area contributed by atoms with Gasteiger partial charge in [-0.25, -0.2) is 4.79 Å². The molecule has 25 heavy (non-hydrogen) atoms. The number of hydrogen-bond acceptors (Lipinski definition) is 3. The van der Waals surface area contributed by atoms with E-state index in [1.54, 1.807) is 24.3 Å². The highest BCUT2D eigenvalue weighted by atomic mass is 16.4. The van der Waals surface area contributed by atoms with E-state index in [9.17, 15) is 19.5 Å². The molecule has 0 bridgehead atoms. The second-order valence-electron chi connectivity index (χ2n) is 7.04. The monoisotopic (exact) mass is 345 g/mol. The van der Waals surface area contributed by atoms with Crippen molar-refractivity contribution in [3.05, 3.63) is 29.8 Å². The predicted octanol–water partition coefficient (Wildman–Crippen LogP) is 2.15. The van der Waals surface area contributed by atoms with Gasteiger partial charge in [0.25, 0.3) is 5.91 Å². The summed E-state index contributed by atoms with van der Waals surface area (Å²) in [7, 11) is 0. The molecule has 134 valence electrons. The van der Waals surface area contributed by atoms with Gasteiger partial charge in [0.05, 0.1) is 5.92 Å². The molecule has 1 aromatic rings. The van der Waals surface area contributed by atoms with E-state index >= 15 is 0 Å². The molecule has 1 saturated carbocycles. The number of benzene rings is 1. The minimum absolute atomic E-state index is 0.135. The maximum Gasteiger partial charge on any atom is 0.321 e. The predicted molar refractivity (Wildman–Crippen MR) is 92.4 cm³/mol. The number of nitrogens with zero attached hydrogens (tertiary/aromatic N) is 1. The van der Waals surface area contributed by atoms with Crippen LogP contribution >= 0.6 is 0 Å². The van der Waals surface area contributed by atoms with E-state index in [0.717, 1.165) is 12.8 Å². The van der Waals surface area contributed by atoms with Gasteiger partial charge in [-0.1, -0.05) is 13.0 Å². The standard InChI is InChI=1S/C18H23N3O4/c1-11-7-13(17(23)24)10-21(9-11)18(25)20-15-4-2-3-12(8-15)16(22)19-14-5-6-14/h2-4,8,11,13-14H,5-7,9-10H2,1H3,(H,19,22)(H,20,25)(H,23,24). The van der Waals surface area contributed by atoms with E-state index in [0.29, 0.717) is 24.2 Å². The van der Waals surface area contributed by atoms with Crippen LogP contribution in [0.4, 0.5) is 10.5 Å². The number of piperidine rings is 1. The summed E-state index contributed by atoms with van der Waals surface area (Å²) in [4.78, 5) is 37.3. The fraction of sp³-hybridized carbons (Fsp3) is 0.500. The number of aliphatic carboxylic acids is 1. The maximum absolute atomic E-state index is 12.5. The van der Waals surface area contributed by atoms with Crippen LogP contribution in [0.15, 0.2) is 24.3 Å². The third kappa shape index (κ3) is 4.49. The molecule has 1 saturated heterocycles. The second-order valence-corrected chi connectivity index (χ2v) is 7.04. The highest BCUT2D eigenvalue weighted by Gasteiger charge is 2.32. The summed E-state index contributed by atoms with van der Waals surface area (Å²) >= 11 is 0. The Morgan fingerprint density at radius 1 is 1.20 bits per heavy atom. The first-order chi connectivity index (χ1) is 11.9. The molecule has 3 N–H and O–H groups in total. The van der Waals surface area contributed by atoms with Gasteiger partial charge in [-0.05, 0) is 43.4 Å². The Kier molecular flexibility index (Phi) is 4.92. The van der Waals surface area contributed by atoms with Crippen LogP contribution in [0.25, 0.3) is 0 Å². The number of hydrogen-bond donors (Lipinski definition) is 3. The average molecular weight is 345 g/mol. The van der Waals surface area contributed by atoms with Crippen LogP contribution in [0.3, 0.4) is 0 Å². The quantitative estimate of drug-likeness (QED) is 0.779. The van der Waals surface area contributed by atoms with Crippen molar-refractivity contribution in [2.75, 3.05) is 18.4 Å². The van der Waals surface area contributed by atoms with Gasteiger partial charge in [-0.2, -0.15) is 0 Å². The van der Waals surface area contributed by atoms with Crippen molar-refractivity contribution >= 4 is 23.6 Å². The summed E-state index contributed by atoms with van der Waals surface area (Å²) in [6.45, 7) is 2.67. The van der Waals surface area contributed by atoms with Gasteiger partial charge in [0.1, 0.15) is 0 Å². The number of urea groups is 1. The molecule has 2 unspecified atom stereocenters. The van der Waals surface area contributed by atoms with Gasteiger partial charge >= 0.3 is 12.0 Å². The minimum Gasteiger partial charge on any atom is -0.481 e. The SMILES string of the molecule is CC1CC(C(=O)O)CN(C(=O)Nc2cccc(C(=O)NC3CC3)c2)C1. The molecule has 7 heteroatoms. The van der Waals surface area contributed by atoms with Crippen LogP contribution in [0, 0.1) is 11.8 Å². The largest absolute Gasteiger partial charge is 0.481 e. The van der Waals surface area contributed by atoms with Gasteiger partial charge in [-0.3, -0.25) is 9.59 Å². The molecule has 3 rings (SSSR count). The van der Waals surface area contributed by atoms with Gasteiger partial charge < -0.3 is 20.6 Å². The molecule has 2 atom stereocenters. The lowest BCUT2D eigenvalue weighted by molar-refractivity contribution is -0.143. The molecular formula is C18H23N3O4. The molecule has 2 aliphatic rings. The molecule has 1 aliphatic heterocycles. The lowest BCUT2D eigenvalue weighted by atomic mass is 9.91. The molecule has 0 spiro atoms. The third-order valence-corrected chi connectivity index (χ3v) is 4.58. The number of anilines is 1. The Labute approximate surface area is 146 Å². The second kappa shape index (κ2) is 7.13. The third-order valence-electron chi connectivity index (χ3n) is 4.58. The summed E-state index contributed by atoms with van der Waals surface area (Å²) in [6, 6.07) is 6.71.